The third-order valence-electron chi connectivity index (χ3n) is 4.57. The molecule has 0 aromatic rings. The Morgan fingerprint density at radius 1 is 1.20 bits per heavy atom. The number of ether oxygens (including phenoxy) is 1. The van der Waals surface area contributed by atoms with Crippen molar-refractivity contribution in [1.82, 2.24) is 9.80 Å². The number of hydrogen-bond donors (Lipinski definition) is 1. The van der Waals surface area contributed by atoms with Crippen LogP contribution in [-0.4, -0.2) is 58.6 Å². The summed E-state index contributed by atoms with van der Waals surface area (Å²) in [5.74, 6) is 0.0923. The molecule has 146 valence electrons. The van der Waals surface area contributed by atoms with E-state index in [1.54, 1.807) is 4.90 Å². The maximum atomic E-state index is 12.8. The van der Waals surface area contributed by atoms with E-state index < -0.39 is 11.6 Å². The van der Waals surface area contributed by atoms with Gasteiger partial charge in [0.1, 0.15) is 5.60 Å². The average molecular weight is 356 g/mol. The molecule has 2 N–H and O–H groups in total. The van der Waals surface area contributed by atoms with Crippen LogP contribution in [0.1, 0.15) is 67.7 Å². The van der Waals surface area contributed by atoms with Crippen molar-refractivity contribution < 1.29 is 14.3 Å². The van der Waals surface area contributed by atoms with Crippen LogP contribution in [0.2, 0.25) is 0 Å². The second-order valence-electron chi connectivity index (χ2n) is 8.68. The van der Waals surface area contributed by atoms with Crippen LogP contribution in [0, 0.1) is 5.92 Å². The van der Waals surface area contributed by atoms with E-state index in [4.69, 9.17) is 10.5 Å². The zero-order valence-electron chi connectivity index (χ0n) is 17.0. The fraction of sp³-hybridized carbons (Fsp3) is 0.895. The van der Waals surface area contributed by atoms with Gasteiger partial charge in [-0.25, -0.2) is 4.79 Å². The van der Waals surface area contributed by atoms with E-state index in [-0.39, 0.29) is 30.0 Å². The predicted molar refractivity (Wildman–Crippen MR) is 100 cm³/mol. The number of piperidine rings is 1. The smallest absolute Gasteiger partial charge is 0.410 e. The molecule has 1 aliphatic rings. The van der Waals surface area contributed by atoms with Gasteiger partial charge in [0.25, 0.3) is 0 Å². The second-order valence-corrected chi connectivity index (χ2v) is 8.68. The van der Waals surface area contributed by atoms with Crippen molar-refractivity contribution in [1.29, 1.82) is 0 Å². The zero-order valence-corrected chi connectivity index (χ0v) is 17.0. The van der Waals surface area contributed by atoms with Crippen LogP contribution in [0.3, 0.4) is 0 Å². The van der Waals surface area contributed by atoms with Crippen LogP contribution in [0.4, 0.5) is 4.79 Å². The number of amides is 2. The highest BCUT2D eigenvalue weighted by atomic mass is 16.6. The summed E-state index contributed by atoms with van der Waals surface area (Å²) < 4.78 is 5.54. The molecule has 1 saturated heterocycles. The van der Waals surface area contributed by atoms with Gasteiger partial charge in [0.05, 0.1) is 6.04 Å². The Balaban J connectivity index is 2.89. The molecule has 0 radical (unpaired) electrons. The van der Waals surface area contributed by atoms with Gasteiger partial charge in [0, 0.05) is 25.2 Å². The zero-order chi connectivity index (χ0) is 19.4. The molecule has 25 heavy (non-hydrogen) atoms. The molecular weight excluding hydrogens is 318 g/mol. The SMILES string of the molecule is CC(C)[C@H](N)C(=O)N1CCCC[C@@H]1CN(C(=O)OC(C)(C)C)C(C)C. The van der Waals surface area contributed by atoms with Crippen molar-refractivity contribution >= 4 is 12.0 Å². The first kappa shape index (κ1) is 21.7. The Hall–Kier alpha value is -1.30. The third kappa shape index (κ3) is 6.49. The molecule has 6 heteroatoms. The number of hydrogen-bond acceptors (Lipinski definition) is 4. The quantitative estimate of drug-likeness (QED) is 0.822. The number of carbonyl (C=O) groups excluding carboxylic acids is 2. The molecule has 1 aliphatic heterocycles. The van der Waals surface area contributed by atoms with E-state index in [0.717, 1.165) is 19.3 Å². The lowest BCUT2D eigenvalue weighted by molar-refractivity contribution is -0.138. The Morgan fingerprint density at radius 2 is 1.80 bits per heavy atom. The Bertz CT molecular complexity index is 457. The van der Waals surface area contributed by atoms with Crippen molar-refractivity contribution in [3.05, 3.63) is 0 Å². The fourth-order valence-corrected chi connectivity index (χ4v) is 3.00. The Kier molecular flexibility index (Phi) is 7.72. The molecule has 0 saturated carbocycles. The maximum Gasteiger partial charge on any atom is 0.410 e. The monoisotopic (exact) mass is 355 g/mol. The van der Waals surface area contributed by atoms with Crippen LogP contribution >= 0.6 is 0 Å². The lowest BCUT2D eigenvalue weighted by Crippen LogP contribution is -2.57. The standard InChI is InChI=1S/C19H37N3O3/c1-13(2)16(20)17(23)21-11-9-8-10-15(21)12-22(14(3)4)18(24)25-19(5,6)7/h13-16H,8-12,20H2,1-7H3/t15-,16+/m1/s1. The highest BCUT2D eigenvalue weighted by Crippen LogP contribution is 2.22. The van der Waals surface area contributed by atoms with Gasteiger partial charge in [-0.05, 0) is 59.8 Å². The summed E-state index contributed by atoms with van der Waals surface area (Å²) in [6, 6.07) is -0.483. The largest absolute Gasteiger partial charge is 0.444 e. The first-order valence-corrected chi connectivity index (χ1v) is 9.49. The van der Waals surface area contributed by atoms with Crippen molar-refractivity contribution in [3.63, 3.8) is 0 Å². The second kappa shape index (κ2) is 8.88. The van der Waals surface area contributed by atoms with Crippen molar-refractivity contribution in [2.45, 2.75) is 91.5 Å². The molecule has 0 bridgehead atoms. The molecule has 1 heterocycles. The highest BCUT2D eigenvalue weighted by molar-refractivity contribution is 5.82. The van der Waals surface area contributed by atoms with E-state index in [1.807, 2.05) is 53.4 Å². The summed E-state index contributed by atoms with van der Waals surface area (Å²) in [6.07, 6.45) is 2.61. The molecule has 6 nitrogen and oxygen atoms in total. The highest BCUT2D eigenvalue weighted by Gasteiger charge is 2.34. The van der Waals surface area contributed by atoms with Crippen molar-refractivity contribution in [2.24, 2.45) is 11.7 Å². The first-order chi connectivity index (χ1) is 11.4. The lowest BCUT2D eigenvalue weighted by Gasteiger charge is -2.41. The minimum absolute atomic E-state index is 0.000897. The van der Waals surface area contributed by atoms with E-state index in [1.165, 1.54) is 0 Å². The summed E-state index contributed by atoms with van der Waals surface area (Å²) in [4.78, 5) is 28.9. The van der Waals surface area contributed by atoms with Gasteiger partial charge in [0.15, 0.2) is 0 Å². The fourth-order valence-electron chi connectivity index (χ4n) is 3.00. The number of likely N-dealkylation sites (tertiary alicyclic amines) is 1. The Labute approximate surface area is 153 Å². The van der Waals surface area contributed by atoms with Crippen LogP contribution in [0.5, 0.6) is 0 Å². The van der Waals surface area contributed by atoms with Crippen molar-refractivity contribution in [2.75, 3.05) is 13.1 Å². The minimum atomic E-state index is -0.535. The molecule has 2 atom stereocenters. The predicted octanol–water partition coefficient (Wildman–Crippen LogP) is 3.00. The molecule has 1 rings (SSSR count). The molecule has 0 aliphatic carbocycles. The molecule has 1 fully saturated rings. The summed E-state index contributed by atoms with van der Waals surface area (Å²) in [7, 11) is 0. The normalized spacial score (nSPS) is 19.9. The van der Waals surface area contributed by atoms with Gasteiger partial charge in [-0.1, -0.05) is 13.8 Å². The van der Waals surface area contributed by atoms with Gasteiger partial charge < -0.3 is 20.3 Å². The average Bonchev–Trinajstić information content (AvgIpc) is 2.49. The molecule has 0 aromatic heterocycles. The van der Waals surface area contributed by atoms with Crippen LogP contribution in [0.15, 0.2) is 0 Å². The summed E-state index contributed by atoms with van der Waals surface area (Å²) in [6.45, 7) is 14.7. The molecular formula is C19H37N3O3. The first-order valence-electron chi connectivity index (χ1n) is 9.49. The molecule has 0 aromatic carbocycles. The molecule has 0 spiro atoms. The lowest BCUT2D eigenvalue weighted by atomic mass is 9.97. The number of carbonyl (C=O) groups is 2. The van der Waals surface area contributed by atoms with Gasteiger partial charge in [-0.15, -0.1) is 0 Å². The van der Waals surface area contributed by atoms with E-state index in [9.17, 15) is 9.59 Å². The Morgan fingerprint density at radius 3 is 2.28 bits per heavy atom. The topological polar surface area (TPSA) is 75.9 Å². The number of nitrogens with zero attached hydrogens (tertiary/aromatic N) is 2. The third-order valence-corrected chi connectivity index (χ3v) is 4.57. The van der Waals surface area contributed by atoms with Gasteiger partial charge in [-0.2, -0.15) is 0 Å². The minimum Gasteiger partial charge on any atom is -0.444 e. The molecule has 2 amide bonds. The summed E-state index contributed by atoms with van der Waals surface area (Å²) >= 11 is 0. The summed E-state index contributed by atoms with van der Waals surface area (Å²) in [5.41, 5.74) is 5.55. The van der Waals surface area contributed by atoms with Gasteiger partial charge >= 0.3 is 6.09 Å². The van der Waals surface area contributed by atoms with Gasteiger partial charge in [0.2, 0.25) is 5.91 Å². The van der Waals surface area contributed by atoms with Crippen LogP contribution < -0.4 is 5.73 Å². The van der Waals surface area contributed by atoms with E-state index >= 15 is 0 Å². The van der Waals surface area contributed by atoms with E-state index in [0.29, 0.717) is 13.1 Å². The van der Waals surface area contributed by atoms with E-state index in [2.05, 4.69) is 0 Å². The van der Waals surface area contributed by atoms with Crippen LogP contribution in [0.25, 0.3) is 0 Å². The number of nitrogens with two attached hydrogens (primary N) is 1. The number of rotatable bonds is 5. The maximum absolute atomic E-state index is 12.8. The van der Waals surface area contributed by atoms with Crippen molar-refractivity contribution in [3.8, 4) is 0 Å². The van der Waals surface area contributed by atoms with Gasteiger partial charge in [-0.3, -0.25) is 4.79 Å². The summed E-state index contributed by atoms with van der Waals surface area (Å²) in [5, 5.41) is 0. The van der Waals surface area contributed by atoms with Crippen LogP contribution in [-0.2, 0) is 9.53 Å². The molecule has 0 unspecified atom stereocenters.